The van der Waals surface area contributed by atoms with E-state index in [1.807, 2.05) is 11.8 Å². The number of fused-ring (bicyclic) bond motifs is 5. The molecule has 2 aromatic rings. The molecule has 142 valence electrons. The Morgan fingerprint density at radius 2 is 2.04 bits per heavy atom. The van der Waals surface area contributed by atoms with Gasteiger partial charge in [-0.05, 0) is 38.5 Å². The van der Waals surface area contributed by atoms with E-state index in [4.69, 9.17) is 0 Å². The summed E-state index contributed by atoms with van der Waals surface area (Å²) in [4.78, 5) is 46.6. The van der Waals surface area contributed by atoms with Crippen molar-refractivity contribution in [3.05, 3.63) is 33.9 Å². The number of amides is 2. The van der Waals surface area contributed by atoms with Gasteiger partial charge < -0.3 is 9.80 Å². The Balaban J connectivity index is 1.45. The van der Waals surface area contributed by atoms with E-state index in [-0.39, 0.29) is 29.3 Å². The Labute approximate surface area is 156 Å². The Kier molecular flexibility index (Phi) is 3.63. The van der Waals surface area contributed by atoms with Crippen LogP contribution < -0.4 is 5.56 Å². The number of aryl methyl sites for hydroxylation is 1. The minimum absolute atomic E-state index is 0.0526. The van der Waals surface area contributed by atoms with Gasteiger partial charge in [0.15, 0.2) is 5.65 Å². The maximum absolute atomic E-state index is 13.1. The van der Waals surface area contributed by atoms with E-state index in [2.05, 4.69) is 10.1 Å². The second-order valence-electron chi connectivity index (χ2n) is 8.18. The Morgan fingerprint density at radius 3 is 2.81 bits per heavy atom. The molecular formula is C19H23N5O3. The molecule has 8 nitrogen and oxygen atoms in total. The number of piperidine rings is 1. The van der Waals surface area contributed by atoms with Gasteiger partial charge >= 0.3 is 0 Å². The number of rotatable bonds is 3. The molecule has 3 aliphatic heterocycles. The van der Waals surface area contributed by atoms with E-state index in [9.17, 15) is 14.4 Å². The molecule has 2 aromatic heterocycles. The predicted octanol–water partition coefficient (Wildman–Crippen LogP) is 0.804. The molecule has 0 radical (unpaired) electrons. The lowest BCUT2D eigenvalue weighted by Gasteiger charge is -2.36. The largest absolute Gasteiger partial charge is 0.337 e. The van der Waals surface area contributed by atoms with E-state index in [0.717, 1.165) is 25.1 Å². The molecule has 4 aliphatic rings. The summed E-state index contributed by atoms with van der Waals surface area (Å²) < 4.78 is 1.31. The molecule has 3 saturated heterocycles. The second-order valence-corrected chi connectivity index (χ2v) is 8.18. The van der Waals surface area contributed by atoms with E-state index < -0.39 is 5.56 Å². The highest BCUT2D eigenvalue weighted by atomic mass is 16.2. The SMILES string of the molecule is Cc1cc2ncc(C(=O)N3C[C@H]4CC[C@@H](C3)N(CC3CC3)C4=O)c(=O)n2[nH]1. The van der Waals surface area contributed by atoms with Crippen LogP contribution in [-0.4, -0.2) is 61.9 Å². The molecule has 5 heterocycles. The van der Waals surface area contributed by atoms with Gasteiger partial charge in [-0.2, -0.15) is 0 Å². The summed E-state index contributed by atoms with van der Waals surface area (Å²) in [5.41, 5.74) is 0.960. The first-order valence-electron chi connectivity index (χ1n) is 9.68. The number of hydrogen-bond donors (Lipinski definition) is 1. The fourth-order valence-corrected chi connectivity index (χ4v) is 4.42. The van der Waals surface area contributed by atoms with Crippen molar-refractivity contribution < 1.29 is 9.59 Å². The number of carbonyl (C=O) groups excluding carboxylic acids is 2. The van der Waals surface area contributed by atoms with Crippen molar-refractivity contribution in [2.75, 3.05) is 19.6 Å². The number of H-pyrrole nitrogens is 1. The van der Waals surface area contributed by atoms with Crippen molar-refractivity contribution in [2.24, 2.45) is 11.8 Å². The quantitative estimate of drug-likeness (QED) is 0.867. The van der Waals surface area contributed by atoms with Crippen LogP contribution in [0.1, 0.15) is 41.7 Å². The second kappa shape index (κ2) is 5.94. The molecule has 1 N–H and O–H groups in total. The van der Waals surface area contributed by atoms with Crippen LogP contribution in [0.4, 0.5) is 0 Å². The zero-order valence-corrected chi connectivity index (χ0v) is 15.4. The molecule has 0 aromatic carbocycles. The average Bonchev–Trinajstić information content (AvgIpc) is 3.43. The first-order chi connectivity index (χ1) is 13.0. The fourth-order valence-electron chi connectivity index (χ4n) is 4.42. The predicted molar refractivity (Wildman–Crippen MR) is 97.4 cm³/mol. The molecule has 27 heavy (non-hydrogen) atoms. The van der Waals surface area contributed by atoms with Gasteiger partial charge in [-0.25, -0.2) is 9.50 Å². The lowest BCUT2D eigenvalue weighted by Crippen LogP contribution is -2.49. The number of carbonyl (C=O) groups is 2. The molecule has 4 fully saturated rings. The van der Waals surface area contributed by atoms with E-state index in [0.29, 0.717) is 24.7 Å². The molecule has 8 heteroatoms. The van der Waals surface area contributed by atoms with Gasteiger partial charge in [0.25, 0.3) is 11.5 Å². The standard InChI is InChI=1S/C19H23N5O3/c1-11-6-16-20-7-15(19(27)24(16)21-11)18(26)22-9-13-4-5-14(10-22)23(17(13)25)8-12-2-3-12/h6-7,12-14,21H,2-5,8-10H2,1H3/t13-,14+/m1/s1. The maximum atomic E-state index is 13.1. The van der Waals surface area contributed by atoms with Crippen molar-refractivity contribution in [3.63, 3.8) is 0 Å². The van der Waals surface area contributed by atoms with Crippen LogP contribution in [0.2, 0.25) is 0 Å². The highest BCUT2D eigenvalue weighted by Gasteiger charge is 2.43. The highest BCUT2D eigenvalue weighted by Crippen LogP contribution is 2.35. The van der Waals surface area contributed by atoms with Crippen LogP contribution in [-0.2, 0) is 4.79 Å². The topological polar surface area (TPSA) is 90.8 Å². The summed E-state index contributed by atoms with van der Waals surface area (Å²) in [5, 5.41) is 2.92. The smallest absolute Gasteiger partial charge is 0.285 e. The summed E-state index contributed by atoms with van der Waals surface area (Å²) in [6, 6.07) is 1.82. The van der Waals surface area contributed by atoms with Gasteiger partial charge in [0.2, 0.25) is 5.91 Å². The van der Waals surface area contributed by atoms with Crippen molar-refractivity contribution >= 4 is 17.5 Å². The number of nitrogens with zero attached hydrogens (tertiary/aromatic N) is 4. The molecule has 6 rings (SSSR count). The van der Waals surface area contributed by atoms with E-state index in [1.165, 1.54) is 23.6 Å². The monoisotopic (exact) mass is 369 g/mol. The Morgan fingerprint density at radius 1 is 1.22 bits per heavy atom. The van der Waals surface area contributed by atoms with Crippen LogP contribution >= 0.6 is 0 Å². The van der Waals surface area contributed by atoms with Gasteiger partial charge in [-0.3, -0.25) is 19.5 Å². The summed E-state index contributed by atoms with van der Waals surface area (Å²) >= 11 is 0. The number of nitrogens with one attached hydrogen (secondary N) is 1. The molecule has 1 saturated carbocycles. The minimum atomic E-state index is -0.393. The highest BCUT2D eigenvalue weighted by molar-refractivity contribution is 5.94. The third-order valence-corrected chi connectivity index (χ3v) is 6.09. The molecule has 2 amide bonds. The van der Waals surface area contributed by atoms with Crippen LogP contribution in [0.3, 0.4) is 0 Å². The van der Waals surface area contributed by atoms with Gasteiger partial charge in [0, 0.05) is 43.6 Å². The van der Waals surface area contributed by atoms with Gasteiger partial charge in [-0.15, -0.1) is 0 Å². The zero-order valence-electron chi connectivity index (χ0n) is 15.4. The van der Waals surface area contributed by atoms with Crippen molar-refractivity contribution in [3.8, 4) is 0 Å². The summed E-state index contributed by atoms with van der Waals surface area (Å²) in [6.07, 6.45) is 5.51. The maximum Gasteiger partial charge on any atom is 0.285 e. The third kappa shape index (κ3) is 2.74. The first kappa shape index (κ1) is 16.5. The normalized spacial score (nSPS) is 25.3. The fraction of sp³-hybridized carbons (Fsp3) is 0.579. The number of aromatic amines is 1. The lowest BCUT2D eigenvalue weighted by molar-refractivity contribution is -0.140. The zero-order chi connectivity index (χ0) is 18.7. The van der Waals surface area contributed by atoms with Crippen molar-refractivity contribution in [1.82, 2.24) is 24.4 Å². The van der Waals surface area contributed by atoms with E-state index in [1.54, 1.807) is 11.0 Å². The van der Waals surface area contributed by atoms with E-state index >= 15 is 0 Å². The number of hydrogen-bond acceptors (Lipinski definition) is 4. The molecule has 2 bridgehead atoms. The first-order valence-corrected chi connectivity index (χ1v) is 9.68. The lowest BCUT2D eigenvalue weighted by atomic mass is 9.94. The molecule has 1 aliphatic carbocycles. The molecule has 0 unspecified atom stereocenters. The Bertz CT molecular complexity index is 989. The van der Waals surface area contributed by atoms with Crippen LogP contribution in [0.25, 0.3) is 5.65 Å². The van der Waals surface area contributed by atoms with Crippen molar-refractivity contribution in [2.45, 2.75) is 38.6 Å². The number of aromatic nitrogens is 3. The Hall–Kier alpha value is -2.64. The van der Waals surface area contributed by atoms with Gasteiger partial charge in [0.1, 0.15) is 5.56 Å². The molecule has 2 atom stereocenters. The molecular weight excluding hydrogens is 346 g/mol. The average molecular weight is 369 g/mol. The van der Waals surface area contributed by atoms with Crippen molar-refractivity contribution in [1.29, 1.82) is 0 Å². The van der Waals surface area contributed by atoms with Gasteiger partial charge in [0.05, 0.1) is 5.92 Å². The minimum Gasteiger partial charge on any atom is -0.337 e. The van der Waals surface area contributed by atoms with Crippen LogP contribution in [0, 0.1) is 18.8 Å². The van der Waals surface area contributed by atoms with Crippen LogP contribution in [0.5, 0.6) is 0 Å². The van der Waals surface area contributed by atoms with Crippen LogP contribution in [0.15, 0.2) is 17.1 Å². The third-order valence-electron chi connectivity index (χ3n) is 6.09. The van der Waals surface area contributed by atoms with Gasteiger partial charge in [-0.1, -0.05) is 0 Å². The summed E-state index contributed by atoms with van der Waals surface area (Å²) in [7, 11) is 0. The summed E-state index contributed by atoms with van der Waals surface area (Å²) in [5.74, 6) is 0.328. The summed E-state index contributed by atoms with van der Waals surface area (Å²) in [6.45, 7) is 3.54. The molecule has 0 spiro atoms.